The average Bonchev–Trinajstić information content (AvgIpc) is 2.60. The molecule has 6 nitrogen and oxygen atoms in total. The maximum atomic E-state index is 12.9. The second kappa shape index (κ2) is 7.72. The SMILES string of the molecule is Cn1c(=O)cc(C(=O)NC2CCCCCCC2C(=O)O)c2ccccc21. The van der Waals surface area contributed by atoms with E-state index in [1.54, 1.807) is 19.2 Å². The van der Waals surface area contributed by atoms with E-state index in [0.29, 0.717) is 29.3 Å². The number of fused-ring (bicyclic) bond motifs is 1. The van der Waals surface area contributed by atoms with Gasteiger partial charge >= 0.3 is 5.97 Å². The van der Waals surface area contributed by atoms with Crippen molar-refractivity contribution in [2.45, 2.75) is 44.6 Å². The number of aromatic nitrogens is 1. The standard InChI is InChI=1S/C20H24N2O4/c1-22-17-11-7-6-8-13(17)15(12-18(22)23)19(24)21-16-10-5-3-2-4-9-14(16)20(25)26/h6-8,11-12,14,16H,2-5,9-10H2,1H3,(H,21,24)(H,25,26). The fraction of sp³-hybridized carbons (Fsp3) is 0.450. The quantitative estimate of drug-likeness (QED) is 0.885. The number of pyridine rings is 1. The smallest absolute Gasteiger partial charge is 0.308 e. The largest absolute Gasteiger partial charge is 0.481 e. The summed E-state index contributed by atoms with van der Waals surface area (Å²) in [5, 5.41) is 13.1. The van der Waals surface area contributed by atoms with E-state index in [1.807, 2.05) is 12.1 Å². The summed E-state index contributed by atoms with van der Waals surface area (Å²) in [6, 6.07) is 8.15. The zero-order valence-electron chi connectivity index (χ0n) is 14.9. The van der Waals surface area contributed by atoms with E-state index in [0.717, 1.165) is 25.7 Å². The van der Waals surface area contributed by atoms with Gasteiger partial charge in [-0.1, -0.05) is 43.9 Å². The van der Waals surface area contributed by atoms with Gasteiger partial charge in [0.1, 0.15) is 0 Å². The minimum atomic E-state index is -0.869. The number of carboxylic acids is 1. The van der Waals surface area contributed by atoms with Crippen LogP contribution in [0.4, 0.5) is 0 Å². The lowest BCUT2D eigenvalue weighted by Gasteiger charge is -2.27. The zero-order valence-corrected chi connectivity index (χ0v) is 14.9. The van der Waals surface area contributed by atoms with E-state index in [-0.39, 0.29) is 11.5 Å². The van der Waals surface area contributed by atoms with Crippen molar-refractivity contribution < 1.29 is 14.7 Å². The van der Waals surface area contributed by atoms with Gasteiger partial charge in [0.2, 0.25) is 0 Å². The van der Waals surface area contributed by atoms with E-state index in [1.165, 1.54) is 10.6 Å². The van der Waals surface area contributed by atoms with E-state index in [4.69, 9.17) is 0 Å². The van der Waals surface area contributed by atoms with E-state index >= 15 is 0 Å². The molecule has 1 fully saturated rings. The predicted molar refractivity (Wildman–Crippen MR) is 99.3 cm³/mol. The molecule has 1 heterocycles. The Morgan fingerprint density at radius 2 is 1.81 bits per heavy atom. The molecule has 2 aromatic rings. The van der Waals surface area contributed by atoms with E-state index in [2.05, 4.69) is 5.32 Å². The number of carbonyl (C=O) groups excluding carboxylic acids is 1. The fourth-order valence-electron chi connectivity index (χ4n) is 3.80. The number of hydrogen-bond acceptors (Lipinski definition) is 3. The van der Waals surface area contributed by atoms with Crippen molar-refractivity contribution >= 4 is 22.8 Å². The van der Waals surface area contributed by atoms with Crippen molar-refractivity contribution in [2.75, 3.05) is 0 Å². The first-order chi connectivity index (χ1) is 12.5. The Bertz CT molecular complexity index is 887. The third-order valence-electron chi connectivity index (χ3n) is 5.30. The number of nitrogens with one attached hydrogen (secondary N) is 1. The average molecular weight is 356 g/mol. The summed E-state index contributed by atoms with van der Waals surface area (Å²) in [7, 11) is 1.67. The fourth-order valence-corrected chi connectivity index (χ4v) is 3.80. The molecule has 2 unspecified atom stereocenters. The maximum Gasteiger partial charge on any atom is 0.308 e. The van der Waals surface area contributed by atoms with Gasteiger partial charge in [0, 0.05) is 24.5 Å². The highest BCUT2D eigenvalue weighted by Crippen LogP contribution is 2.24. The minimum absolute atomic E-state index is 0.263. The Morgan fingerprint density at radius 1 is 1.12 bits per heavy atom. The number of carboxylic acid groups (broad SMARTS) is 1. The number of aliphatic carboxylic acids is 1. The number of benzene rings is 1. The van der Waals surface area contributed by atoms with Crippen molar-refractivity contribution in [3.63, 3.8) is 0 Å². The number of hydrogen-bond donors (Lipinski definition) is 2. The van der Waals surface area contributed by atoms with Crippen LogP contribution in [0.5, 0.6) is 0 Å². The van der Waals surface area contributed by atoms with Gasteiger partial charge in [-0.3, -0.25) is 14.4 Å². The number of carbonyl (C=O) groups is 2. The molecule has 0 saturated heterocycles. The molecule has 138 valence electrons. The highest BCUT2D eigenvalue weighted by Gasteiger charge is 2.30. The monoisotopic (exact) mass is 356 g/mol. The van der Waals surface area contributed by atoms with Gasteiger partial charge in [-0.2, -0.15) is 0 Å². The van der Waals surface area contributed by atoms with Gasteiger partial charge in [0.15, 0.2) is 0 Å². The Hall–Kier alpha value is -2.63. The Balaban J connectivity index is 1.94. The molecule has 1 amide bonds. The molecular weight excluding hydrogens is 332 g/mol. The van der Waals surface area contributed by atoms with Crippen LogP contribution in [0.1, 0.15) is 48.9 Å². The first-order valence-electron chi connectivity index (χ1n) is 9.11. The summed E-state index contributed by atoms with van der Waals surface area (Å²) in [6.45, 7) is 0. The van der Waals surface area contributed by atoms with Crippen molar-refractivity contribution in [1.82, 2.24) is 9.88 Å². The van der Waals surface area contributed by atoms with E-state index < -0.39 is 17.9 Å². The first kappa shape index (κ1) is 18.2. The van der Waals surface area contributed by atoms with Crippen LogP contribution in [0.25, 0.3) is 10.9 Å². The Labute approximate surface area is 151 Å². The number of amides is 1. The lowest BCUT2D eigenvalue weighted by Crippen LogP contribution is -2.44. The third kappa shape index (κ3) is 3.64. The molecule has 2 N–H and O–H groups in total. The van der Waals surface area contributed by atoms with Crippen molar-refractivity contribution in [3.8, 4) is 0 Å². The van der Waals surface area contributed by atoms with Crippen LogP contribution in [0.3, 0.4) is 0 Å². The van der Waals surface area contributed by atoms with Crippen molar-refractivity contribution in [2.24, 2.45) is 13.0 Å². The number of nitrogens with zero attached hydrogens (tertiary/aromatic N) is 1. The summed E-state index contributed by atoms with van der Waals surface area (Å²) in [5.41, 5.74) is 0.716. The molecule has 1 saturated carbocycles. The molecule has 0 bridgehead atoms. The summed E-state index contributed by atoms with van der Waals surface area (Å²) in [6.07, 6.45) is 5.05. The summed E-state index contributed by atoms with van der Waals surface area (Å²) in [5.74, 6) is -1.83. The third-order valence-corrected chi connectivity index (χ3v) is 5.30. The highest BCUT2D eigenvalue weighted by molar-refractivity contribution is 6.06. The van der Waals surface area contributed by atoms with Gasteiger partial charge in [-0.25, -0.2) is 0 Å². The van der Waals surface area contributed by atoms with Crippen LogP contribution in [0.15, 0.2) is 35.1 Å². The second-order valence-electron chi connectivity index (χ2n) is 6.99. The van der Waals surface area contributed by atoms with Crippen LogP contribution in [0.2, 0.25) is 0 Å². The van der Waals surface area contributed by atoms with Crippen molar-refractivity contribution in [1.29, 1.82) is 0 Å². The highest BCUT2D eigenvalue weighted by atomic mass is 16.4. The molecule has 1 aliphatic carbocycles. The van der Waals surface area contributed by atoms with Crippen molar-refractivity contribution in [3.05, 3.63) is 46.2 Å². The Morgan fingerprint density at radius 3 is 2.54 bits per heavy atom. The number of para-hydroxylation sites is 1. The van der Waals surface area contributed by atoms with Gasteiger partial charge in [0.25, 0.3) is 11.5 Å². The molecule has 3 rings (SSSR count). The number of aryl methyl sites for hydroxylation is 1. The summed E-state index contributed by atoms with van der Waals surface area (Å²) in [4.78, 5) is 36.8. The summed E-state index contributed by atoms with van der Waals surface area (Å²) < 4.78 is 1.50. The van der Waals surface area contributed by atoms with Crippen LogP contribution >= 0.6 is 0 Å². The molecule has 0 spiro atoms. The molecule has 6 heteroatoms. The molecule has 1 aliphatic rings. The maximum absolute atomic E-state index is 12.9. The Kier molecular flexibility index (Phi) is 5.40. The van der Waals surface area contributed by atoms with E-state index in [9.17, 15) is 19.5 Å². The predicted octanol–water partition coefficient (Wildman–Crippen LogP) is 2.69. The molecule has 1 aromatic heterocycles. The lowest BCUT2D eigenvalue weighted by atomic mass is 9.86. The molecule has 26 heavy (non-hydrogen) atoms. The lowest BCUT2D eigenvalue weighted by molar-refractivity contribution is -0.143. The molecular formula is C20H24N2O4. The van der Waals surface area contributed by atoms with Gasteiger partial charge in [-0.15, -0.1) is 0 Å². The van der Waals surface area contributed by atoms with Gasteiger partial charge in [0.05, 0.1) is 17.0 Å². The number of rotatable bonds is 3. The zero-order chi connectivity index (χ0) is 18.7. The van der Waals surface area contributed by atoms with Gasteiger partial charge in [-0.05, 0) is 18.9 Å². The second-order valence-corrected chi connectivity index (χ2v) is 6.99. The normalized spacial score (nSPS) is 21.0. The molecule has 0 radical (unpaired) electrons. The minimum Gasteiger partial charge on any atom is -0.481 e. The molecule has 1 aromatic carbocycles. The van der Waals surface area contributed by atoms with Crippen LogP contribution in [0, 0.1) is 5.92 Å². The van der Waals surface area contributed by atoms with Gasteiger partial charge < -0.3 is 15.0 Å². The first-order valence-corrected chi connectivity index (χ1v) is 9.11. The molecule has 0 aliphatic heterocycles. The van der Waals surface area contributed by atoms with Crippen LogP contribution < -0.4 is 10.9 Å². The van der Waals surface area contributed by atoms with Crippen LogP contribution in [-0.4, -0.2) is 27.6 Å². The van der Waals surface area contributed by atoms with Crippen LogP contribution in [-0.2, 0) is 11.8 Å². The topological polar surface area (TPSA) is 88.4 Å². The summed E-state index contributed by atoms with van der Waals surface area (Å²) >= 11 is 0. The molecule has 2 atom stereocenters.